The van der Waals surface area contributed by atoms with Crippen molar-refractivity contribution in [2.45, 2.75) is 44.2 Å². The number of methoxy groups -OCH3 is 1. The number of H-pyrrole nitrogens is 1. The van der Waals surface area contributed by atoms with Crippen molar-refractivity contribution in [3.05, 3.63) is 71.2 Å². The van der Waals surface area contributed by atoms with Crippen LogP contribution in [0.15, 0.2) is 48.9 Å². The van der Waals surface area contributed by atoms with Gasteiger partial charge in [0, 0.05) is 29.2 Å². The number of rotatable bonds is 7. The van der Waals surface area contributed by atoms with Gasteiger partial charge in [0.2, 0.25) is 11.8 Å². The smallest absolute Gasteiger partial charge is 0.247 e. The van der Waals surface area contributed by atoms with Crippen LogP contribution >= 0.6 is 11.6 Å². The Morgan fingerprint density at radius 2 is 2.05 bits per heavy atom. The minimum atomic E-state index is -0.620. The maximum atomic E-state index is 15.4. The maximum absolute atomic E-state index is 15.4. The normalized spacial score (nSPS) is 19.9. The number of hydrogen-bond donors (Lipinski definition) is 2. The van der Waals surface area contributed by atoms with Crippen LogP contribution in [0.5, 0.6) is 5.75 Å². The van der Waals surface area contributed by atoms with E-state index in [9.17, 15) is 9.59 Å². The molecule has 2 N–H and O–H groups in total. The number of amides is 2. The number of aromatic nitrogens is 6. The lowest BCUT2D eigenvalue weighted by Crippen LogP contribution is -2.39. The number of carbonyl (C=O) groups is 2. The van der Waals surface area contributed by atoms with Gasteiger partial charge in [0.1, 0.15) is 17.9 Å². The third-order valence-electron chi connectivity index (χ3n) is 8.13. The molecule has 4 heterocycles. The maximum Gasteiger partial charge on any atom is 0.247 e. The molecular formula is C29H26ClFN8O3. The summed E-state index contributed by atoms with van der Waals surface area (Å²) in [6, 6.07) is 8.11. The Morgan fingerprint density at radius 1 is 1.19 bits per heavy atom. The molecule has 1 saturated carbocycles. The van der Waals surface area contributed by atoms with E-state index in [1.54, 1.807) is 25.4 Å². The van der Waals surface area contributed by atoms with Gasteiger partial charge in [-0.25, -0.2) is 9.37 Å². The number of imidazole rings is 1. The van der Waals surface area contributed by atoms with E-state index in [0.29, 0.717) is 53.5 Å². The first-order chi connectivity index (χ1) is 20.4. The molecule has 2 aromatic heterocycles. The molecule has 1 aliphatic carbocycles. The largest absolute Gasteiger partial charge is 0.497 e. The highest BCUT2D eigenvalue weighted by atomic mass is 35.5. The number of anilines is 1. The van der Waals surface area contributed by atoms with Crippen LogP contribution in [0.1, 0.15) is 49.5 Å². The van der Waals surface area contributed by atoms with Crippen LogP contribution < -0.4 is 10.1 Å². The van der Waals surface area contributed by atoms with Crippen molar-refractivity contribution in [2.75, 3.05) is 12.4 Å². The number of nitrogens with zero attached hydrogens (tertiary/aromatic N) is 6. The molecule has 0 spiro atoms. The molecule has 13 heteroatoms. The summed E-state index contributed by atoms with van der Waals surface area (Å²) in [5.41, 5.74) is 3.27. The van der Waals surface area contributed by atoms with E-state index in [2.05, 4.69) is 30.8 Å². The molecule has 42 heavy (non-hydrogen) atoms. The number of halogens is 2. The van der Waals surface area contributed by atoms with Crippen LogP contribution in [-0.2, 0) is 9.59 Å². The summed E-state index contributed by atoms with van der Waals surface area (Å²) < 4.78 is 22.2. The van der Waals surface area contributed by atoms with E-state index < -0.39 is 5.82 Å². The summed E-state index contributed by atoms with van der Waals surface area (Å²) in [4.78, 5) is 35.9. The van der Waals surface area contributed by atoms with Crippen molar-refractivity contribution >= 4 is 34.7 Å². The van der Waals surface area contributed by atoms with Crippen LogP contribution in [0.4, 0.5) is 10.1 Å². The molecule has 7 rings (SSSR count). The summed E-state index contributed by atoms with van der Waals surface area (Å²) in [6.07, 6.45) is 8.19. The Kier molecular flexibility index (Phi) is 6.49. The Hall–Kier alpha value is -4.58. The summed E-state index contributed by atoms with van der Waals surface area (Å²) in [6.45, 7) is 0. The summed E-state index contributed by atoms with van der Waals surface area (Å²) >= 11 is 6.14. The molecule has 11 nitrogen and oxygen atoms in total. The van der Waals surface area contributed by atoms with Gasteiger partial charge >= 0.3 is 0 Å². The van der Waals surface area contributed by atoms with E-state index in [1.807, 2.05) is 17.0 Å². The SMILES string of the molecule is COc1ccc(NC(=O)C2CC2)c(-c2cnc([C@@H]3CCC4CC(c5c(-n6cnnn6)ccc(Cl)c5F)=CC(=O)N43)[nH]2)c1. The lowest BCUT2D eigenvalue weighted by Gasteiger charge is -2.33. The number of ether oxygens (including phenoxy) is 1. The van der Waals surface area contributed by atoms with Crippen LogP contribution in [0.3, 0.4) is 0 Å². The second-order valence-corrected chi connectivity index (χ2v) is 11.1. The molecule has 214 valence electrons. The molecule has 0 radical (unpaired) electrons. The predicted molar refractivity (Wildman–Crippen MR) is 151 cm³/mol. The van der Waals surface area contributed by atoms with Gasteiger partial charge < -0.3 is 19.9 Å². The van der Waals surface area contributed by atoms with Gasteiger partial charge in [0.25, 0.3) is 0 Å². The molecule has 2 atom stereocenters. The van der Waals surface area contributed by atoms with Crippen molar-refractivity contribution < 1.29 is 18.7 Å². The van der Waals surface area contributed by atoms with Gasteiger partial charge in [-0.2, -0.15) is 4.68 Å². The van der Waals surface area contributed by atoms with Gasteiger partial charge in [-0.1, -0.05) is 11.6 Å². The zero-order chi connectivity index (χ0) is 29.0. The topological polar surface area (TPSA) is 131 Å². The van der Waals surface area contributed by atoms with Gasteiger partial charge in [-0.3, -0.25) is 9.59 Å². The first kappa shape index (κ1) is 26.3. The molecule has 3 aliphatic rings. The molecule has 2 aliphatic heterocycles. The predicted octanol–water partition coefficient (Wildman–Crippen LogP) is 4.72. The number of hydrogen-bond acceptors (Lipinski definition) is 7. The van der Waals surface area contributed by atoms with E-state index in [4.69, 9.17) is 16.3 Å². The van der Waals surface area contributed by atoms with Gasteiger partial charge in [-0.15, -0.1) is 5.10 Å². The average molecular weight is 589 g/mol. The summed E-state index contributed by atoms with van der Waals surface area (Å²) in [5.74, 6) is 0.488. The quantitative estimate of drug-likeness (QED) is 0.319. The van der Waals surface area contributed by atoms with Crippen LogP contribution in [0.2, 0.25) is 5.02 Å². The zero-order valence-corrected chi connectivity index (χ0v) is 23.3. The summed E-state index contributed by atoms with van der Waals surface area (Å²) in [7, 11) is 1.59. The fraction of sp³-hybridized carbons (Fsp3) is 0.310. The number of fused-ring (bicyclic) bond motifs is 1. The Labute approximate surface area is 244 Å². The number of nitrogens with one attached hydrogen (secondary N) is 2. The van der Waals surface area contributed by atoms with E-state index in [-0.39, 0.29) is 40.4 Å². The molecule has 4 aromatic rings. The Bertz CT molecular complexity index is 1730. The van der Waals surface area contributed by atoms with Crippen molar-refractivity contribution in [3.63, 3.8) is 0 Å². The summed E-state index contributed by atoms with van der Waals surface area (Å²) in [5, 5.41) is 14.2. The Balaban J connectivity index is 1.19. The van der Waals surface area contributed by atoms with Crippen molar-refractivity contribution in [1.82, 2.24) is 35.1 Å². The van der Waals surface area contributed by atoms with Gasteiger partial charge in [0.15, 0.2) is 5.82 Å². The third kappa shape index (κ3) is 4.61. The highest BCUT2D eigenvalue weighted by Gasteiger charge is 2.42. The number of carbonyl (C=O) groups excluding carboxylic acids is 2. The lowest BCUT2D eigenvalue weighted by molar-refractivity contribution is -0.129. The minimum absolute atomic E-state index is 0.000626. The standard InChI is InChI=1S/C29H26ClFN8O3/c1-42-18-5-7-21(35-29(41)15-2-3-15)19(12-18)22-13-32-28(34-22)24-8-4-17-10-16(11-25(40)39(17)24)26-23(38-14-33-36-37-38)9-6-20(30)27(26)31/h5-7,9,11-15,17,24H,2-4,8,10H2,1H3,(H,32,34)(H,35,41)/t17?,24-/m0/s1. The molecule has 1 saturated heterocycles. The first-order valence-electron chi connectivity index (χ1n) is 13.7. The lowest BCUT2D eigenvalue weighted by atomic mass is 9.92. The fourth-order valence-corrected chi connectivity index (χ4v) is 6.07. The first-order valence-corrected chi connectivity index (χ1v) is 14.1. The highest BCUT2D eigenvalue weighted by Crippen LogP contribution is 2.44. The third-order valence-corrected chi connectivity index (χ3v) is 8.43. The molecule has 2 fully saturated rings. The number of benzene rings is 2. The van der Waals surface area contributed by atoms with E-state index in [0.717, 1.165) is 18.4 Å². The second kappa shape index (κ2) is 10.4. The minimum Gasteiger partial charge on any atom is -0.497 e. The van der Waals surface area contributed by atoms with E-state index >= 15 is 4.39 Å². The molecule has 0 bridgehead atoms. The van der Waals surface area contributed by atoms with Gasteiger partial charge in [0.05, 0.1) is 41.4 Å². The molecule has 1 unspecified atom stereocenters. The second-order valence-electron chi connectivity index (χ2n) is 10.7. The number of aromatic amines is 1. The van der Waals surface area contributed by atoms with Crippen molar-refractivity contribution in [1.29, 1.82) is 0 Å². The fourth-order valence-electron chi connectivity index (χ4n) is 5.91. The average Bonchev–Trinajstić information content (AvgIpc) is 3.35. The van der Waals surface area contributed by atoms with Crippen molar-refractivity contribution in [3.8, 4) is 22.7 Å². The molecular weight excluding hydrogens is 563 g/mol. The van der Waals surface area contributed by atoms with Crippen LogP contribution in [-0.4, -0.2) is 60.0 Å². The monoisotopic (exact) mass is 588 g/mol. The van der Waals surface area contributed by atoms with Gasteiger partial charge in [-0.05, 0) is 78.4 Å². The Morgan fingerprint density at radius 3 is 2.81 bits per heavy atom. The van der Waals surface area contributed by atoms with Crippen LogP contribution in [0, 0.1) is 11.7 Å². The number of tetrazole rings is 1. The molecule has 2 aromatic carbocycles. The van der Waals surface area contributed by atoms with Crippen LogP contribution in [0.25, 0.3) is 22.5 Å². The van der Waals surface area contributed by atoms with E-state index in [1.165, 1.54) is 23.2 Å². The van der Waals surface area contributed by atoms with Crippen molar-refractivity contribution in [2.24, 2.45) is 5.92 Å². The molecule has 2 amide bonds. The zero-order valence-electron chi connectivity index (χ0n) is 22.6. The highest BCUT2D eigenvalue weighted by molar-refractivity contribution is 6.31.